The molecule has 0 spiro atoms. The van der Waals surface area contributed by atoms with Crippen molar-refractivity contribution in [2.24, 2.45) is 0 Å². The van der Waals surface area contributed by atoms with Crippen molar-refractivity contribution in [3.05, 3.63) is 65.5 Å². The number of aryl methyl sites for hydroxylation is 1. The van der Waals surface area contributed by atoms with Crippen LogP contribution >= 0.6 is 11.8 Å². The molecule has 2 aromatic carbocycles. The third-order valence-corrected chi connectivity index (χ3v) is 4.92. The number of ketones is 1. The molecule has 1 heterocycles. The van der Waals surface area contributed by atoms with Gasteiger partial charge in [0.2, 0.25) is 5.16 Å². The van der Waals surface area contributed by atoms with Crippen molar-refractivity contribution < 1.29 is 9.53 Å². The van der Waals surface area contributed by atoms with Crippen molar-refractivity contribution in [3.8, 4) is 5.75 Å². The minimum Gasteiger partial charge on any atom is -0.497 e. The molecule has 8 heteroatoms. The van der Waals surface area contributed by atoms with Crippen LogP contribution in [0.1, 0.15) is 21.7 Å². The molecule has 0 saturated carbocycles. The van der Waals surface area contributed by atoms with Crippen molar-refractivity contribution in [2.75, 3.05) is 24.0 Å². The van der Waals surface area contributed by atoms with E-state index >= 15 is 0 Å². The number of aromatic nitrogens is 3. The van der Waals surface area contributed by atoms with Crippen LogP contribution < -0.4 is 15.9 Å². The summed E-state index contributed by atoms with van der Waals surface area (Å²) in [6.45, 7) is 2.41. The summed E-state index contributed by atoms with van der Waals surface area (Å²) in [5.74, 6) is 7.71. The summed E-state index contributed by atoms with van der Waals surface area (Å²) < 4.78 is 6.54. The average Bonchev–Trinajstić information content (AvgIpc) is 3.05. The number of Topliss-reactive ketones (excluding diaryl/α,β-unsaturated/α-hetero) is 1. The number of methoxy groups -OCH3 is 1. The number of hydrogen-bond acceptors (Lipinski definition) is 7. The number of anilines is 1. The summed E-state index contributed by atoms with van der Waals surface area (Å²) in [5, 5.41) is 11.9. The largest absolute Gasteiger partial charge is 0.497 e. The van der Waals surface area contributed by atoms with Crippen LogP contribution in [-0.4, -0.2) is 33.5 Å². The van der Waals surface area contributed by atoms with Crippen LogP contribution in [0.3, 0.4) is 0 Å². The molecule has 0 fully saturated rings. The maximum Gasteiger partial charge on any atom is 0.210 e. The molecule has 0 aliphatic heterocycles. The van der Waals surface area contributed by atoms with Gasteiger partial charge < -0.3 is 15.9 Å². The smallest absolute Gasteiger partial charge is 0.210 e. The Bertz CT molecular complexity index is 907. The number of ether oxygens (including phenoxy) is 1. The molecule has 3 aromatic rings. The third-order valence-electron chi connectivity index (χ3n) is 3.98. The first-order valence-corrected chi connectivity index (χ1v) is 9.35. The van der Waals surface area contributed by atoms with E-state index in [1.807, 2.05) is 55.5 Å². The second-order valence-electron chi connectivity index (χ2n) is 5.93. The number of nitrogen functional groups attached to an aromatic ring is 1. The first-order chi connectivity index (χ1) is 13.1. The fraction of sp³-hybridized carbons (Fsp3) is 0.211. The van der Waals surface area contributed by atoms with Crippen molar-refractivity contribution in [3.63, 3.8) is 0 Å². The van der Waals surface area contributed by atoms with E-state index in [9.17, 15) is 4.79 Å². The zero-order chi connectivity index (χ0) is 19.2. The SMILES string of the molecule is COc1ccc(NCc2nnc(SCC(=O)c3ccc(C)cc3)n2N)cc1. The molecule has 0 aliphatic rings. The number of nitrogens with two attached hydrogens (primary N) is 1. The van der Waals surface area contributed by atoms with Gasteiger partial charge in [-0.2, -0.15) is 0 Å². The van der Waals surface area contributed by atoms with Crippen LogP contribution in [-0.2, 0) is 6.54 Å². The van der Waals surface area contributed by atoms with Crippen LogP contribution in [0.2, 0.25) is 0 Å². The van der Waals surface area contributed by atoms with Gasteiger partial charge >= 0.3 is 0 Å². The van der Waals surface area contributed by atoms with E-state index in [2.05, 4.69) is 15.5 Å². The van der Waals surface area contributed by atoms with Crippen molar-refractivity contribution >= 4 is 23.2 Å². The topological polar surface area (TPSA) is 95.1 Å². The van der Waals surface area contributed by atoms with E-state index in [0.717, 1.165) is 17.0 Å². The molecule has 0 aliphatic carbocycles. The first-order valence-electron chi connectivity index (χ1n) is 8.37. The summed E-state index contributed by atoms with van der Waals surface area (Å²) in [5.41, 5.74) is 2.72. The lowest BCUT2D eigenvalue weighted by atomic mass is 10.1. The van der Waals surface area contributed by atoms with E-state index < -0.39 is 0 Å². The van der Waals surface area contributed by atoms with Gasteiger partial charge in [-0.15, -0.1) is 10.2 Å². The van der Waals surface area contributed by atoms with Gasteiger partial charge in [0, 0.05) is 11.3 Å². The molecular formula is C19H21N5O2S. The monoisotopic (exact) mass is 383 g/mol. The number of carbonyl (C=O) groups excluding carboxylic acids is 1. The Morgan fingerprint density at radius 3 is 2.52 bits per heavy atom. The van der Waals surface area contributed by atoms with Crippen molar-refractivity contribution in [2.45, 2.75) is 18.6 Å². The molecule has 0 saturated heterocycles. The number of rotatable bonds is 8. The Balaban J connectivity index is 1.56. The number of nitrogens with one attached hydrogen (secondary N) is 1. The highest BCUT2D eigenvalue weighted by Crippen LogP contribution is 2.18. The summed E-state index contributed by atoms with van der Waals surface area (Å²) >= 11 is 1.27. The highest BCUT2D eigenvalue weighted by Gasteiger charge is 2.13. The second kappa shape index (κ2) is 8.59. The molecule has 3 rings (SSSR count). The highest BCUT2D eigenvalue weighted by atomic mass is 32.2. The molecule has 3 N–H and O–H groups in total. The Hall–Kier alpha value is -3.00. The molecule has 0 atom stereocenters. The summed E-state index contributed by atoms with van der Waals surface area (Å²) in [6.07, 6.45) is 0. The number of hydrogen-bond donors (Lipinski definition) is 2. The van der Waals surface area contributed by atoms with Gasteiger partial charge in [-0.3, -0.25) is 4.79 Å². The Morgan fingerprint density at radius 2 is 1.85 bits per heavy atom. The lowest BCUT2D eigenvalue weighted by Gasteiger charge is -2.07. The zero-order valence-corrected chi connectivity index (χ0v) is 16.0. The number of carbonyl (C=O) groups is 1. The van der Waals surface area contributed by atoms with Crippen LogP contribution in [0.25, 0.3) is 0 Å². The van der Waals surface area contributed by atoms with Gasteiger partial charge in [-0.25, -0.2) is 4.68 Å². The Morgan fingerprint density at radius 1 is 1.15 bits per heavy atom. The molecule has 27 heavy (non-hydrogen) atoms. The zero-order valence-electron chi connectivity index (χ0n) is 15.2. The summed E-state index contributed by atoms with van der Waals surface area (Å²) in [6, 6.07) is 15.1. The molecule has 1 aromatic heterocycles. The van der Waals surface area contributed by atoms with E-state index in [4.69, 9.17) is 10.6 Å². The molecule has 0 amide bonds. The number of nitrogens with zero attached hydrogens (tertiary/aromatic N) is 3. The highest BCUT2D eigenvalue weighted by molar-refractivity contribution is 7.99. The van der Waals surface area contributed by atoms with Gasteiger partial charge in [0.1, 0.15) is 5.75 Å². The predicted molar refractivity (Wildman–Crippen MR) is 107 cm³/mol. The second-order valence-corrected chi connectivity index (χ2v) is 6.87. The number of thioether (sulfide) groups is 1. The van der Waals surface area contributed by atoms with E-state index in [-0.39, 0.29) is 11.5 Å². The van der Waals surface area contributed by atoms with Crippen molar-refractivity contribution in [1.29, 1.82) is 0 Å². The minimum atomic E-state index is 0.0286. The maximum absolute atomic E-state index is 12.3. The lowest BCUT2D eigenvalue weighted by molar-refractivity contribution is 0.102. The molecule has 0 unspecified atom stereocenters. The molecule has 140 valence electrons. The third kappa shape index (κ3) is 4.79. The molecular weight excluding hydrogens is 362 g/mol. The van der Waals surface area contributed by atoms with Gasteiger partial charge in [0.05, 0.1) is 19.4 Å². The molecule has 0 bridgehead atoms. The van der Waals surface area contributed by atoms with Crippen LogP contribution in [0.4, 0.5) is 5.69 Å². The maximum atomic E-state index is 12.3. The van der Waals surface area contributed by atoms with E-state index in [1.54, 1.807) is 7.11 Å². The lowest BCUT2D eigenvalue weighted by Crippen LogP contribution is -2.17. The Labute approximate surface area is 161 Å². The quantitative estimate of drug-likeness (QED) is 0.351. The van der Waals surface area contributed by atoms with E-state index in [0.29, 0.717) is 23.1 Å². The van der Waals surface area contributed by atoms with Gasteiger partial charge in [0.15, 0.2) is 11.6 Å². The standard InChI is InChI=1S/C19H21N5O2S/c1-13-3-5-14(6-4-13)17(25)12-27-19-23-22-18(24(19)20)11-21-15-7-9-16(26-2)10-8-15/h3-10,21H,11-12,20H2,1-2H3. The van der Waals surface area contributed by atoms with Gasteiger partial charge in [-0.1, -0.05) is 41.6 Å². The van der Waals surface area contributed by atoms with Crippen molar-refractivity contribution in [1.82, 2.24) is 14.9 Å². The van der Waals surface area contributed by atoms with Gasteiger partial charge in [-0.05, 0) is 31.2 Å². The molecule has 0 radical (unpaired) electrons. The van der Waals surface area contributed by atoms with Crippen LogP contribution in [0.15, 0.2) is 53.7 Å². The van der Waals surface area contributed by atoms with Crippen LogP contribution in [0.5, 0.6) is 5.75 Å². The fourth-order valence-electron chi connectivity index (χ4n) is 2.37. The normalized spacial score (nSPS) is 10.6. The molecule has 7 nitrogen and oxygen atoms in total. The Kier molecular flexibility index (Phi) is 5.97. The van der Waals surface area contributed by atoms with Crippen LogP contribution in [0, 0.1) is 6.92 Å². The van der Waals surface area contributed by atoms with Gasteiger partial charge in [0.25, 0.3) is 0 Å². The summed E-state index contributed by atoms with van der Waals surface area (Å²) in [4.78, 5) is 12.3. The number of benzene rings is 2. The van der Waals surface area contributed by atoms with E-state index in [1.165, 1.54) is 16.4 Å². The summed E-state index contributed by atoms with van der Waals surface area (Å²) in [7, 11) is 1.63. The first kappa shape index (κ1) is 18.8. The predicted octanol–water partition coefficient (Wildman–Crippen LogP) is 2.90. The minimum absolute atomic E-state index is 0.0286. The average molecular weight is 383 g/mol. The fourth-order valence-corrected chi connectivity index (χ4v) is 3.14.